The molecule has 0 aliphatic heterocycles. The Kier molecular flexibility index (Phi) is 32.1. The van der Waals surface area contributed by atoms with Crippen LogP contribution >= 0.6 is 46.4 Å². The predicted molar refractivity (Wildman–Crippen MR) is 510 cm³/mol. The summed E-state index contributed by atoms with van der Waals surface area (Å²) < 4.78 is 215. The highest BCUT2D eigenvalue weighted by molar-refractivity contribution is 7.93. The minimum absolute atomic E-state index is 0.00360. The summed E-state index contributed by atoms with van der Waals surface area (Å²) in [6, 6.07) is 60.1. The van der Waals surface area contributed by atoms with Crippen molar-refractivity contribution in [1.29, 1.82) is 0 Å². The third kappa shape index (κ3) is 23.7. The number of H-pyrrole nitrogens is 1. The van der Waals surface area contributed by atoms with Crippen LogP contribution in [-0.2, 0) is 53.6 Å². The molecule has 0 fully saturated rings. The molecule has 0 saturated carbocycles. The molecule has 5 N–H and O–H groups in total. The Bertz CT molecular complexity index is 7790. The molecule has 0 unspecified atom stereocenters. The number of ether oxygens (including phenoxy) is 7. The van der Waals surface area contributed by atoms with Gasteiger partial charge in [-0.25, -0.2) is 57.0 Å². The molecule has 0 aliphatic carbocycles. The van der Waals surface area contributed by atoms with E-state index in [4.69, 9.17) is 116 Å². The van der Waals surface area contributed by atoms with Crippen LogP contribution in [0.2, 0.25) is 20.1 Å². The van der Waals surface area contributed by atoms with Gasteiger partial charge in [-0.15, -0.1) is 0 Å². The average molecular weight is 2020 g/mol. The zero-order valence-corrected chi connectivity index (χ0v) is 78.6. The van der Waals surface area contributed by atoms with Gasteiger partial charge in [-0.3, -0.25) is 18.6 Å². The molecule has 44 heteroatoms. The fourth-order valence-corrected chi connectivity index (χ4v) is 18.9. The summed E-state index contributed by atoms with van der Waals surface area (Å²) in [7, 11) is -5.71. The van der Waals surface area contributed by atoms with Crippen LogP contribution < -0.4 is 56.7 Å². The number of sulfonamides is 3. The summed E-state index contributed by atoms with van der Waals surface area (Å²) in [5, 5.41) is 24.6. The number of hydrogen-bond acceptors (Lipinski definition) is 26. The average Bonchev–Trinajstić information content (AvgIpc) is 1.45. The lowest BCUT2D eigenvalue weighted by Gasteiger charge is -2.22. The maximum Gasteiger partial charge on any atom is 0.569 e. The van der Waals surface area contributed by atoms with Crippen LogP contribution in [0, 0.1) is 17.5 Å². The second-order valence-corrected chi connectivity index (χ2v) is 36.5. The minimum atomic E-state index is -4.67. The zero-order chi connectivity index (χ0) is 98.2. The van der Waals surface area contributed by atoms with Gasteiger partial charge in [0.2, 0.25) is 11.8 Å². The number of pyridine rings is 3. The largest absolute Gasteiger partial charge is 0.569 e. The first kappa shape index (κ1) is 100. The highest BCUT2D eigenvalue weighted by atomic mass is 35.5. The van der Waals surface area contributed by atoms with Gasteiger partial charge in [0.05, 0.1) is 93.7 Å². The van der Waals surface area contributed by atoms with E-state index in [-0.39, 0.29) is 79.1 Å². The molecule has 705 valence electrons. The van der Waals surface area contributed by atoms with Crippen molar-refractivity contribution in [1.82, 2.24) is 30.4 Å². The quantitative estimate of drug-likeness (QED) is 0.0236. The molecule has 0 saturated heterocycles. The number of aromatic amines is 1. The van der Waals surface area contributed by atoms with Crippen molar-refractivity contribution in [3.05, 3.63) is 327 Å². The number of nitrogens with zero attached hydrogens (tertiary/aromatic N) is 7. The molecule has 0 bridgehead atoms. The number of hydrogen-bond donors (Lipinski definition) is 5. The standard InChI is InChI=1S/C34H27ClFN3O6S.C25H17ClFN3O5S.C21H18ClN3O5S.C13H10BClFO3.H2O4S/c1-42-25-9-7-21(8-10-25)20-39(32-13-14-45-38-32)46(40,41)26-11-12-27-23(16-26)19-37-34(44-3)33(27)29-17-30(35)28(18-31(29)43-2)22-5-4-6-24(36)15-22;1-34-22-12-19(14-3-2-4-16(27)9-14)21(26)11-20(22)24-18-6-5-17(10-15(18)13-28-25(24)31)36(32,33)30-23-7-8-35-29-23;1-28-16-5-3-14(4-6-16)13-25(19-9-10-30-24-19)31(26,27)17-7-8-18-15(11-17)12-23-21(29-2)20(18)22;1-18-12-6-10(8-3-2-4-9(16)5-8)11(15)7-13(12)19-14-17;1-5(2,3)4/h4-19H,20H2,1-3H3;2-13H,1H3,(H,28,31)(H,29,30);3-12H,13H2,1-2H3;2-7,17H,1H3;(H2,1,2,3,4). The Hall–Kier alpha value is -14.4. The van der Waals surface area contributed by atoms with Crippen LogP contribution in [0.5, 0.6) is 46.3 Å². The van der Waals surface area contributed by atoms with Crippen LogP contribution in [0.3, 0.4) is 0 Å². The Balaban J connectivity index is 0.000000157. The molecule has 6 aromatic heterocycles. The normalized spacial score (nSPS) is 11.3. The summed E-state index contributed by atoms with van der Waals surface area (Å²) >= 11 is 25.7. The molecule has 0 aliphatic rings. The van der Waals surface area contributed by atoms with Gasteiger partial charge in [0.25, 0.3) is 35.6 Å². The van der Waals surface area contributed by atoms with E-state index < -0.39 is 57.7 Å². The van der Waals surface area contributed by atoms with Gasteiger partial charge >= 0.3 is 18.1 Å². The van der Waals surface area contributed by atoms with Crippen LogP contribution in [0.4, 0.5) is 30.6 Å². The predicted octanol–water partition coefficient (Wildman–Crippen LogP) is 19.9. The van der Waals surface area contributed by atoms with Gasteiger partial charge in [-0.05, 0) is 171 Å². The van der Waals surface area contributed by atoms with Gasteiger partial charge in [-0.2, -0.15) is 8.42 Å². The third-order valence-electron chi connectivity index (χ3n) is 20.3. The van der Waals surface area contributed by atoms with E-state index in [9.17, 15) is 43.2 Å². The van der Waals surface area contributed by atoms with E-state index in [0.717, 1.165) is 5.56 Å². The maximum atomic E-state index is 14.1. The molecular formula is C93H74BCl4F3N9O23S4. The number of halogens is 7. The monoisotopic (exact) mass is 2020 g/mol. The zero-order valence-electron chi connectivity index (χ0n) is 72.3. The Morgan fingerprint density at radius 3 is 1.26 bits per heavy atom. The molecule has 1 radical (unpaired) electrons. The number of nitrogens with one attached hydrogen (secondary N) is 2. The first-order valence-corrected chi connectivity index (χ1v) is 46.9. The van der Waals surface area contributed by atoms with Gasteiger partial charge in [0, 0.05) is 96.9 Å². The lowest BCUT2D eigenvalue weighted by atomic mass is 9.96. The molecule has 17 aromatic rings. The van der Waals surface area contributed by atoms with Crippen LogP contribution in [0.1, 0.15) is 11.1 Å². The van der Waals surface area contributed by atoms with E-state index in [0.29, 0.717) is 139 Å². The molecule has 0 atom stereocenters. The highest BCUT2D eigenvalue weighted by Crippen LogP contribution is 2.48. The Labute approximate surface area is 801 Å². The number of methoxy groups -OCH3 is 7. The van der Waals surface area contributed by atoms with Crippen molar-refractivity contribution in [2.45, 2.75) is 27.8 Å². The van der Waals surface area contributed by atoms with Crippen LogP contribution in [0.15, 0.2) is 301 Å². The molecular weight excluding hydrogens is 1950 g/mol. The summed E-state index contributed by atoms with van der Waals surface area (Å²) in [5.41, 5.74) is 6.25. The van der Waals surface area contributed by atoms with E-state index in [1.807, 2.05) is 0 Å². The van der Waals surface area contributed by atoms with Gasteiger partial charge in [-0.1, -0.05) is 141 Å². The Morgan fingerprint density at radius 2 is 0.832 bits per heavy atom. The highest BCUT2D eigenvalue weighted by Gasteiger charge is 2.32. The summed E-state index contributed by atoms with van der Waals surface area (Å²) in [4.78, 5) is 24.2. The molecule has 137 heavy (non-hydrogen) atoms. The molecule has 11 aromatic carbocycles. The van der Waals surface area contributed by atoms with E-state index >= 15 is 0 Å². The van der Waals surface area contributed by atoms with E-state index in [1.165, 1.54) is 185 Å². The number of rotatable bonds is 27. The SMILES string of the molecule is COc1cc(-c2cccc(F)c2)c(Cl)cc1-c1c(=O)[nH]cc2cc(S(=O)(=O)Nc3ccon3)ccc12.COc1cc(-c2cccc(F)c2)c(Cl)cc1O[B]O.COc1ccc(CN(c2ccon2)S(=O)(=O)c2ccc3c(-c4cc(Cl)c(-c5cccc(F)c5)cc4OC)c(OC)ncc3c2)cc1.COc1ccc(CN(c2ccon2)S(=O)(=O)c2ccc3c(Cl)c(OC)ncc3c2)cc1.O=S(=O)(O)O. The fraction of sp³-hybridized carbons (Fsp3) is 0.0968. The topological polar surface area (TPSA) is 426 Å². The van der Waals surface area contributed by atoms with Crippen LogP contribution in [-0.4, -0.2) is 136 Å². The number of aromatic nitrogens is 6. The molecule has 17 rings (SSSR count). The number of fused-ring (bicyclic) bond motifs is 3. The molecule has 6 heterocycles. The molecule has 0 amide bonds. The smallest absolute Gasteiger partial charge is 0.535 e. The lowest BCUT2D eigenvalue weighted by Crippen LogP contribution is -2.30. The van der Waals surface area contributed by atoms with Crippen molar-refractivity contribution >= 4 is 144 Å². The van der Waals surface area contributed by atoms with Crippen molar-refractivity contribution in [2.24, 2.45) is 0 Å². The lowest BCUT2D eigenvalue weighted by molar-refractivity contribution is 0.380. The summed E-state index contributed by atoms with van der Waals surface area (Å²) in [6.45, 7) is 0.0505. The Morgan fingerprint density at radius 1 is 0.423 bits per heavy atom. The van der Waals surface area contributed by atoms with Gasteiger partial charge in [0.15, 0.2) is 23.2 Å². The van der Waals surface area contributed by atoms with Gasteiger partial charge < -0.3 is 61.4 Å². The molecule has 32 nitrogen and oxygen atoms in total. The second kappa shape index (κ2) is 43.9. The van der Waals surface area contributed by atoms with Gasteiger partial charge in [0.1, 0.15) is 70.0 Å². The maximum absolute atomic E-state index is 14.1. The minimum Gasteiger partial charge on any atom is -0.535 e. The third-order valence-corrected chi connectivity index (χ3v) is 26.5. The first-order chi connectivity index (χ1) is 65.6. The number of benzene rings is 11. The van der Waals surface area contributed by atoms with Crippen LogP contribution in [0.25, 0.3) is 88.0 Å². The fourth-order valence-electron chi connectivity index (χ4n) is 13.9. The first-order valence-electron chi connectivity index (χ1n) is 39.6. The van der Waals surface area contributed by atoms with E-state index in [1.54, 1.807) is 142 Å². The second-order valence-electron chi connectivity index (χ2n) is 28.6. The van der Waals surface area contributed by atoms with Crippen molar-refractivity contribution in [3.8, 4) is 102 Å². The molecule has 0 spiro atoms. The van der Waals surface area contributed by atoms with Crippen molar-refractivity contribution in [2.75, 3.05) is 63.1 Å². The number of anilines is 3. The van der Waals surface area contributed by atoms with Crippen molar-refractivity contribution in [3.63, 3.8) is 0 Å². The summed E-state index contributed by atoms with van der Waals surface area (Å²) in [5.74, 6) is 2.47. The summed E-state index contributed by atoms with van der Waals surface area (Å²) in [6.07, 6.45) is 8.35. The van der Waals surface area contributed by atoms with E-state index in [2.05, 4.69) is 39.7 Å². The van der Waals surface area contributed by atoms with Crippen molar-refractivity contribution < 1.29 is 112 Å².